The number of rotatable bonds is 7. The Morgan fingerprint density at radius 3 is 3.04 bits per heavy atom. The minimum Gasteiger partial charge on any atom is -0.381 e. The maximum absolute atomic E-state index is 5.76. The Morgan fingerprint density at radius 2 is 2.30 bits per heavy atom. The van der Waals surface area contributed by atoms with Gasteiger partial charge < -0.3 is 4.74 Å². The number of hydrogen-bond acceptors (Lipinski definition) is 5. The topological polar surface area (TPSA) is 43.2 Å². The Labute approximate surface area is 141 Å². The summed E-state index contributed by atoms with van der Waals surface area (Å²) in [5.41, 5.74) is 3.86. The van der Waals surface area contributed by atoms with Gasteiger partial charge in [-0.3, -0.25) is 4.90 Å². The molecular formula is C17H24N4OS. The summed E-state index contributed by atoms with van der Waals surface area (Å²) in [5, 5.41) is 13.3. The summed E-state index contributed by atoms with van der Waals surface area (Å²) in [7, 11) is 0. The molecule has 1 saturated carbocycles. The molecule has 0 N–H and O–H groups in total. The molecule has 1 fully saturated rings. The van der Waals surface area contributed by atoms with E-state index in [9.17, 15) is 0 Å². The fraction of sp³-hybridized carbons (Fsp3) is 0.647. The van der Waals surface area contributed by atoms with Gasteiger partial charge in [-0.2, -0.15) is 11.3 Å². The van der Waals surface area contributed by atoms with Gasteiger partial charge >= 0.3 is 0 Å². The van der Waals surface area contributed by atoms with Crippen LogP contribution in [0.15, 0.2) is 16.8 Å². The van der Waals surface area contributed by atoms with Crippen molar-refractivity contribution in [2.24, 2.45) is 5.92 Å². The lowest BCUT2D eigenvalue weighted by Gasteiger charge is -2.32. The van der Waals surface area contributed by atoms with Crippen LogP contribution in [0.2, 0.25) is 0 Å². The number of thiophene rings is 1. The van der Waals surface area contributed by atoms with E-state index in [0.717, 1.165) is 51.0 Å². The van der Waals surface area contributed by atoms with Gasteiger partial charge in [0.2, 0.25) is 0 Å². The van der Waals surface area contributed by atoms with Crippen LogP contribution in [0.4, 0.5) is 0 Å². The first-order chi connectivity index (χ1) is 11.3. The molecule has 0 aromatic carbocycles. The van der Waals surface area contributed by atoms with Crippen LogP contribution in [0.5, 0.6) is 0 Å². The second-order valence-corrected chi connectivity index (χ2v) is 7.48. The van der Waals surface area contributed by atoms with Crippen molar-refractivity contribution in [2.75, 3.05) is 19.8 Å². The molecule has 2 aromatic rings. The summed E-state index contributed by atoms with van der Waals surface area (Å²) in [4.78, 5) is 2.48. The van der Waals surface area contributed by atoms with Crippen molar-refractivity contribution in [1.29, 1.82) is 0 Å². The molecule has 23 heavy (non-hydrogen) atoms. The third-order valence-corrected chi connectivity index (χ3v) is 5.46. The molecular weight excluding hydrogens is 308 g/mol. The Morgan fingerprint density at radius 1 is 1.39 bits per heavy atom. The molecule has 1 aliphatic heterocycles. The first-order valence-corrected chi connectivity index (χ1v) is 9.51. The first kappa shape index (κ1) is 15.3. The smallest absolute Gasteiger partial charge is 0.100 e. The van der Waals surface area contributed by atoms with E-state index in [1.807, 2.05) is 0 Å². The average molecular weight is 332 g/mol. The van der Waals surface area contributed by atoms with Gasteiger partial charge in [0.25, 0.3) is 0 Å². The minimum absolute atomic E-state index is 0.381. The molecule has 0 saturated heterocycles. The second-order valence-electron chi connectivity index (χ2n) is 6.70. The molecule has 1 atom stereocenters. The number of ether oxygens (including phenoxy) is 1. The van der Waals surface area contributed by atoms with E-state index in [2.05, 4.69) is 43.6 Å². The highest BCUT2D eigenvalue weighted by atomic mass is 32.1. The average Bonchev–Trinajstić information content (AvgIpc) is 3.05. The van der Waals surface area contributed by atoms with Crippen molar-refractivity contribution in [2.45, 2.75) is 45.3 Å². The van der Waals surface area contributed by atoms with E-state index in [-0.39, 0.29) is 0 Å². The number of hydrogen-bond donors (Lipinski definition) is 0. The van der Waals surface area contributed by atoms with Gasteiger partial charge in [-0.15, -0.1) is 5.10 Å². The Kier molecular flexibility index (Phi) is 4.46. The molecule has 0 radical (unpaired) electrons. The quantitative estimate of drug-likeness (QED) is 0.782. The molecule has 2 aliphatic rings. The molecule has 5 nitrogen and oxygen atoms in total. The fourth-order valence-electron chi connectivity index (χ4n) is 3.42. The maximum Gasteiger partial charge on any atom is 0.100 e. The highest BCUT2D eigenvalue weighted by Gasteiger charge is 2.33. The lowest BCUT2D eigenvalue weighted by molar-refractivity contribution is 0.101. The summed E-state index contributed by atoms with van der Waals surface area (Å²) >= 11 is 1.76. The summed E-state index contributed by atoms with van der Waals surface area (Å²) in [5.74, 6) is 1.20. The van der Waals surface area contributed by atoms with Gasteiger partial charge in [0.15, 0.2) is 0 Å². The van der Waals surface area contributed by atoms with Gasteiger partial charge in [-0.1, -0.05) is 5.21 Å². The normalized spacial score (nSPS) is 21.5. The number of aromatic nitrogens is 3. The zero-order valence-corrected chi connectivity index (χ0v) is 14.5. The van der Waals surface area contributed by atoms with Crippen LogP contribution in [-0.4, -0.2) is 39.7 Å². The lowest BCUT2D eigenvalue weighted by atomic mass is 9.98. The number of nitrogens with zero attached hydrogens (tertiary/aromatic N) is 4. The van der Waals surface area contributed by atoms with Crippen molar-refractivity contribution in [3.63, 3.8) is 0 Å². The summed E-state index contributed by atoms with van der Waals surface area (Å²) < 4.78 is 7.93. The Bertz CT molecular complexity index is 635. The van der Waals surface area contributed by atoms with Crippen LogP contribution in [0.25, 0.3) is 0 Å². The van der Waals surface area contributed by atoms with Crippen molar-refractivity contribution in [3.8, 4) is 0 Å². The third-order valence-electron chi connectivity index (χ3n) is 4.72. The van der Waals surface area contributed by atoms with E-state index >= 15 is 0 Å². The third kappa shape index (κ3) is 3.49. The number of fused-ring (bicyclic) bond motifs is 1. The van der Waals surface area contributed by atoms with E-state index < -0.39 is 0 Å². The van der Waals surface area contributed by atoms with Crippen LogP contribution in [0.3, 0.4) is 0 Å². The van der Waals surface area contributed by atoms with Gasteiger partial charge in [0.05, 0.1) is 12.3 Å². The molecule has 4 rings (SSSR count). The monoisotopic (exact) mass is 332 g/mol. The second kappa shape index (κ2) is 6.71. The molecule has 1 aliphatic carbocycles. The summed E-state index contributed by atoms with van der Waals surface area (Å²) in [6.07, 6.45) is 2.68. The zero-order valence-electron chi connectivity index (χ0n) is 13.6. The van der Waals surface area contributed by atoms with Gasteiger partial charge in [0, 0.05) is 38.7 Å². The lowest BCUT2D eigenvalue weighted by Crippen LogP contribution is -2.36. The Balaban J connectivity index is 1.54. The first-order valence-electron chi connectivity index (χ1n) is 8.57. The molecule has 0 amide bonds. The van der Waals surface area contributed by atoms with Crippen molar-refractivity contribution in [1.82, 2.24) is 19.9 Å². The van der Waals surface area contributed by atoms with E-state index in [0.29, 0.717) is 5.92 Å². The van der Waals surface area contributed by atoms with Gasteiger partial charge in [0.1, 0.15) is 5.69 Å². The predicted molar refractivity (Wildman–Crippen MR) is 90.4 cm³/mol. The fourth-order valence-corrected chi connectivity index (χ4v) is 4.08. The molecule has 6 heteroatoms. The van der Waals surface area contributed by atoms with Gasteiger partial charge in [-0.25, -0.2) is 4.68 Å². The SMILES string of the molecule is CCOCC1CN(Cc2ccsc2)Cc2nnn(CC3CC3)c21. The molecule has 124 valence electrons. The van der Waals surface area contributed by atoms with Crippen molar-refractivity contribution >= 4 is 11.3 Å². The van der Waals surface area contributed by atoms with Crippen LogP contribution in [-0.2, 0) is 24.4 Å². The summed E-state index contributed by atoms with van der Waals surface area (Å²) in [6, 6.07) is 2.21. The van der Waals surface area contributed by atoms with Crippen LogP contribution < -0.4 is 0 Å². The molecule has 0 spiro atoms. The molecule has 1 unspecified atom stereocenters. The standard InChI is InChI=1S/C17H24N4OS/c1-2-22-11-15-9-20(7-14-5-6-23-12-14)10-16-17(15)21(19-18-16)8-13-3-4-13/h5-6,12-13,15H,2-4,7-11H2,1H3. The molecule has 0 bridgehead atoms. The van der Waals surface area contributed by atoms with E-state index in [1.54, 1.807) is 11.3 Å². The Hall–Kier alpha value is -1.24. The molecule has 3 heterocycles. The summed E-state index contributed by atoms with van der Waals surface area (Å²) in [6.45, 7) is 7.55. The predicted octanol–water partition coefficient (Wildman–Crippen LogP) is 2.89. The molecule has 2 aromatic heterocycles. The van der Waals surface area contributed by atoms with Crippen LogP contribution in [0, 0.1) is 5.92 Å². The highest BCUT2D eigenvalue weighted by Crippen LogP contribution is 2.34. The van der Waals surface area contributed by atoms with Crippen molar-refractivity contribution < 1.29 is 4.74 Å². The van der Waals surface area contributed by atoms with E-state index in [4.69, 9.17) is 4.74 Å². The van der Waals surface area contributed by atoms with Crippen LogP contribution >= 0.6 is 11.3 Å². The zero-order chi connectivity index (χ0) is 15.6. The maximum atomic E-state index is 5.76. The highest BCUT2D eigenvalue weighted by molar-refractivity contribution is 7.07. The van der Waals surface area contributed by atoms with Crippen molar-refractivity contribution in [3.05, 3.63) is 33.8 Å². The minimum atomic E-state index is 0.381. The van der Waals surface area contributed by atoms with Gasteiger partial charge in [-0.05, 0) is 48.1 Å². The largest absolute Gasteiger partial charge is 0.381 e. The van der Waals surface area contributed by atoms with Crippen LogP contribution in [0.1, 0.15) is 42.6 Å². The van der Waals surface area contributed by atoms with E-state index in [1.165, 1.54) is 24.1 Å².